The highest BCUT2D eigenvalue weighted by atomic mass is 16.5. The molecular formula is C14H21NO2. The monoisotopic (exact) mass is 235 g/mol. The van der Waals surface area contributed by atoms with Gasteiger partial charge in [0.1, 0.15) is 0 Å². The van der Waals surface area contributed by atoms with E-state index in [-0.39, 0.29) is 12.0 Å². The molecule has 0 aromatic heterocycles. The molecule has 3 heteroatoms. The van der Waals surface area contributed by atoms with Crippen LogP contribution in [0.5, 0.6) is 0 Å². The first-order valence-electron chi connectivity index (χ1n) is 6.19. The first kappa shape index (κ1) is 13.7. The Kier molecular flexibility index (Phi) is 5.70. The quantitative estimate of drug-likeness (QED) is 0.771. The van der Waals surface area contributed by atoms with E-state index in [1.165, 1.54) is 5.56 Å². The first-order valence-corrected chi connectivity index (χ1v) is 6.19. The highest BCUT2D eigenvalue weighted by molar-refractivity contribution is 5.89. The van der Waals surface area contributed by atoms with E-state index < -0.39 is 0 Å². The molecule has 0 fully saturated rings. The van der Waals surface area contributed by atoms with Crippen LogP contribution in [-0.2, 0) is 11.2 Å². The van der Waals surface area contributed by atoms with Crippen molar-refractivity contribution in [1.82, 2.24) is 0 Å². The van der Waals surface area contributed by atoms with Gasteiger partial charge >= 0.3 is 5.97 Å². The Morgan fingerprint density at radius 2 is 1.94 bits per heavy atom. The molecule has 1 aromatic carbocycles. The molecule has 1 atom stereocenters. The van der Waals surface area contributed by atoms with Crippen molar-refractivity contribution in [3.05, 3.63) is 35.4 Å². The Labute approximate surface area is 103 Å². The van der Waals surface area contributed by atoms with Crippen LogP contribution in [0.15, 0.2) is 24.3 Å². The molecule has 3 nitrogen and oxygen atoms in total. The maximum absolute atomic E-state index is 11.4. The SMILES string of the molecule is CCOC(=O)c1ccc(CCC(N)CC)cc1. The van der Waals surface area contributed by atoms with Gasteiger partial charge in [-0.3, -0.25) is 0 Å². The topological polar surface area (TPSA) is 52.3 Å². The summed E-state index contributed by atoms with van der Waals surface area (Å²) in [5.41, 5.74) is 7.68. The Morgan fingerprint density at radius 1 is 1.29 bits per heavy atom. The predicted octanol–water partition coefficient (Wildman–Crippen LogP) is 2.53. The van der Waals surface area contributed by atoms with E-state index in [9.17, 15) is 4.79 Å². The van der Waals surface area contributed by atoms with E-state index in [0.717, 1.165) is 19.3 Å². The minimum absolute atomic E-state index is 0.260. The molecule has 17 heavy (non-hydrogen) atoms. The summed E-state index contributed by atoms with van der Waals surface area (Å²) in [7, 11) is 0. The summed E-state index contributed by atoms with van der Waals surface area (Å²) in [6.07, 6.45) is 2.94. The van der Waals surface area contributed by atoms with Crippen molar-refractivity contribution in [1.29, 1.82) is 0 Å². The molecule has 0 bridgehead atoms. The van der Waals surface area contributed by atoms with Crippen LogP contribution in [-0.4, -0.2) is 18.6 Å². The number of hydrogen-bond acceptors (Lipinski definition) is 3. The van der Waals surface area contributed by atoms with E-state index in [2.05, 4.69) is 6.92 Å². The zero-order chi connectivity index (χ0) is 12.7. The zero-order valence-corrected chi connectivity index (χ0v) is 10.6. The highest BCUT2D eigenvalue weighted by Crippen LogP contribution is 2.09. The zero-order valence-electron chi connectivity index (χ0n) is 10.6. The summed E-state index contributed by atoms with van der Waals surface area (Å²) < 4.78 is 4.92. The second kappa shape index (κ2) is 7.07. The number of aryl methyl sites for hydroxylation is 1. The molecule has 2 N–H and O–H groups in total. The molecular weight excluding hydrogens is 214 g/mol. The molecule has 1 unspecified atom stereocenters. The second-order valence-corrected chi connectivity index (χ2v) is 4.12. The Hall–Kier alpha value is -1.35. The van der Waals surface area contributed by atoms with Gasteiger partial charge in [0, 0.05) is 6.04 Å². The average Bonchev–Trinajstić information content (AvgIpc) is 2.36. The number of carbonyl (C=O) groups is 1. The minimum atomic E-state index is -0.260. The number of esters is 1. The fraction of sp³-hybridized carbons (Fsp3) is 0.500. The van der Waals surface area contributed by atoms with Gasteiger partial charge in [0.25, 0.3) is 0 Å². The van der Waals surface area contributed by atoms with Crippen LogP contribution < -0.4 is 5.73 Å². The lowest BCUT2D eigenvalue weighted by atomic mass is 10.0. The normalized spacial score (nSPS) is 12.2. The van der Waals surface area contributed by atoms with Gasteiger partial charge in [0.2, 0.25) is 0 Å². The molecule has 0 saturated carbocycles. The molecule has 0 aliphatic rings. The smallest absolute Gasteiger partial charge is 0.338 e. The number of nitrogens with two attached hydrogens (primary N) is 1. The molecule has 0 heterocycles. The summed E-state index contributed by atoms with van der Waals surface area (Å²) >= 11 is 0. The highest BCUT2D eigenvalue weighted by Gasteiger charge is 2.06. The summed E-state index contributed by atoms with van der Waals surface area (Å²) in [5.74, 6) is -0.260. The van der Waals surface area contributed by atoms with Gasteiger partial charge < -0.3 is 10.5 Å². The van der Waals surface area contributed by atoms with E-state index >= 15 is 0 Å². The second-order valence-electron chi connectivity index (χ2n) is 4.12. The first-order chi connectivity index (χ1) is 8.17. The largest absolute Gasteiger partial charge is 0.462 e. The third kappa shape index (κ3) is 4.57. The van der Waals surface area contributed by atoms with Crippen molar-refractivity contribution >= 4 is 5.97 Å². The maximum atomic E-state index is 11.4. The van der Waals surface area contributed by atoms with Crippen molar-refractivity contribution in [2.24, 2.45) is 5.73 Å². The third-order valence-electron chi connectivity index (χ3n) is 2.79. The summed E-state index contributed by atoms with van der Waals surface area (Å²) in [4.78, 5) is 11.4. The fourth-order valence-electron chi connectivity index (χ4n) is 1.58. The van der Waals surface area contributed by atoms with Crippen molar-refractivity contribution < 1.29 is 9.53 Å². The van der Waals surface area contributed by atoms with Crippen LogP contribution in [0.4, 0.5) is 0 Å². The molecule has 0 saturated heterocycles. The van der Waals surface area contributed by atoms with Crippen LogP contribution in [0.2, 0.25) is 0 Å². The van der Waals surface area contributed by atoms with Crippen LogP contribution in [0.3, 0.4) is 0 Å². The number of ether oxygens (including phenoxy) is 1. The van der Waals surface area contributed by atoms with Crippen LogP contribution in [0.1, 0.15) is 42.6 Å². The average molecular weight is 235 g/mol. The van der Waals surface area contributed by atoms with Gasteiger partial charge in [0.15, 0.2) is 0 Å². The lowest BCUT2D eigenvalue weighted by Gasteiger charge is -2.08. The van der Waals surface area contributed by atoms with Crippen LogP contribution in [0.25, 0.3) is 0 Å². The molecule has 1 aromatic rings. The van der Waals surface area contributed by atoms with Crippen molar-refractivity contribution in [3.63, 3.8) is 0 Å². The summed E-state index contributed by atoms with van der Waals surface area (Å²) in [5, 5.41) is 0. The van der Waals surface area contributed by atoms with Gasteiger partial charge in [-0.15, -0.1) is 0 Å². The molecule has 1 rings (SSSR count). The summed E-state index contributed by atoms with van der Waals surface area (Å²) in [6.45, 7) is 4.30. The van der Waals surface area contributed by atoms with Gasteiger partial charge in [-0.1, -0.05) is 19.1 Å². The number of benzene rings is 1. The van der Waals surface area contributed by atoms with Crippen LogP contribution in [0, 0.1) is 0 Å². The molecule has 94 valence electrons. The number of hydrogen-bond donors (Lipinski definition) is 1. The number of rotatable bonds is 6. The fourth-order valence-corrected chi connectivity index (χ4v) is 1.58. The van der Waals surface area contributed by atoms with Gasteiger partial charge in [-0.25, -0.2) is 4.79 Å². The van der Waals surface area contributed by atoms with E-state index in [1.54, 1.807) is 6.92 Å². The van der Waals surface area contributed by atoms with E-state index in [0.29, 0.717) is 12.2 Å². The van der Waals surface area contributed by atoms with Crippen molar-refractivity contribution in [3.8, 4) is 0 Å². The molecule has 0 aliphatic heterocycles. The van der Waals surface area contributed by atoms with Gasteiger partial charge in [0.05, 0.1) is 12.2 Å². The Bertz CT molecular complexity index is 346. The predicted molar refractivity (Wildman–Crippen MR) is 69.0 cm³/mol. The molecule has 0 radical (unpaired) electrons. The van der Waals surface area contributed by atoms with Gasteiger partial charge in [-0.2, -0.15) is 0 Å². The van der Waals surface area contributed by atoms with Crippen LogP contribution >= 0.6 is 0 Å². The Morgan fingerprint density at radius 3 is 2.47 bits per heavy atom. The molecule has 0 amide bonds. The lowest BCUT2D eigenvalue weighted by molar-refractivity contribution is 0.0526. The molecule has 0 aliphatic carbocycles. The summed E-state index contributed by atoms with van der Waals surface area (Å²) in [6, 6.07) is 7.82. The third-order valence-corrected chi connectivity index (χ3v) is 2.79. The van der Waals surface area contributed by atoms with E-state index in [4.69, 9.17) is 10.5 Å². The Balaban J connectivity index is 2.53. The lowest BCUT2D eigenvalue weighted by Crippen LogP contribution is -2.19. The van der Waals surface area contributed by atoms with Gasteiger partial charge in [-0.05, 0) is 43.9 Å². The maximum Gasteiger partial charge on any atom is 0.338 e. The van der Waals surface area contributed by atoms with Crippen molar-refractivity contribution in [2.75, 3.05) is 6.61 Å². The van der Waals surface area contributed by atoms with Crippen molar-refractivity contribution in [2.45, 2.75) is 39.2 Å². The number of carbonyl (C=O) groups excluding carboxylic acids is 1. The molecule has 0 spiro atoms. The van der Waals surface area contributed by atoms with E-state index in [1.807, 2.05) is 24.3 Å². The minimum Gasteiger partial charge on any atom is -0.462 e. The standard InChI is InChI=1S/C14H21NO2/c1-3-13(15)10-7-11-5-8-12(9-6-11)14(16)17-4-2/h5-6,8-9,13H,3-4,7,10,15H2,1-2H3.